The Morgan fingerprint density at radius 1 is 0.526 bits per heavy atom. The number of unbranched alkanes of at least 4 members (excludes halogenated alkanes) is 14. The summed E-state index contributed by atoms with van der Waals surface area (Å²) in [5, 5.41) is 20.7. The normalized spacial score (nSPS) is 11.3. The third-order valence-electron chi connectivity index (χ3n) is 9.37. The minimum Gasteiger partial charge on any atom is -0.872 e. The molecule has 0 unspecified atom stereocenters. The topological polar surface area (TPSA) is 173 Å². The van der Waals surface area contributed by atoms with Crippen LogP contribution in [0.4, 0.5) is 0 Å². The molecule has 0 saturated heterocycles. The fourth-order valence-electron chi connectivity index (χ4n) is 6.30. The van der Waals surface area contributed by atoms with Gasteiger partial charge in [-0.05, 0) is 85.3 Å². The summed E-state index contributed by atoms with van der Waals surface area (Å²) in [6, 6.07) is 21.0. The predicted octanol–water partition coefficient (Wildman–Crippen LogP) is 10.9. The van der Waals surface area contributed by atoms with E-state index >= 15 is 0 Å². The van der Waals surface area contributed by atoms with E-state index in [-0.39, 0.29) is 70.5 Å². The smallest absolute Gasteiger partial charge is 0.872 e. The van der Waals surface area contributed by atoms with Gasteiger partial charge >= 0.3 is 37.7 Å². The largest absolute Gasteiger partial charge is 2.00 e. The fraction of sp³-hybridized carbons (Fsp3) is 0.455. The van der Waals surface area contributed by atoms with Crippen molar-refractivity contribution in [2.45, 2.75) is 139 Å². The van der Waals surface area contributed by atoms with E-state index in [0.717, 1.165) is 44.1 Å². The molecule has 0 aliphatic rings. The van der Waals surface area contributed by atoms with Crippen LogP contribution in [0.3, 0.4) is 0 Å². The Kier molecular flexibility index (Phi) is 23.8. The first kappa shape index (κ1) is 50.3. The molecule has 0 bridgehead atoms. The molecule has 0 spiro atoms. The van der Waals surface area contributed by atoms with Gasteiger partial charge in [0.25, 0.3) is 10.1 Å². The summed E-state index contributed by atoms with van der Waals surface area (Å²) in [4.78, 5) is -0.603. The van der Waals surface area contributed by atoms with Gasteiger partial charge < -0.3 is 24.2 Å². The number of hydrogen-bond donors (Lipinski definition) is 2. The van der Waals surface area contributed by atoms with Crippen molar-refractivity contribution >= 4 is 58.0 Å². The molecule has 4 aromatic carbocycles. The van der Waals surface area contributed by atoms with Crippen LogP contribution in [-0.4, -0.2) is 68.8 Å². The third-order valence-corrected chi connectivity index (χ3v) is 11.1. The molecule has 10 nitrogen and oxygen atoms in total. The number of phenols is 1. The molecule has 0 radical (unpaired) electrons. The van der Waals surface area contributed by atoms with Gasteiger partial charge in [-0.1, -0.05) is 140 Å². The quantitative estimate of drug-likeness (QED) is 0.0392. The molecule has 0 amide bonds. The van der Waals surface area contributed by atoms with Crippen molar-refractivity contribution in [1.29, 1.82) is 0 Å². The first-order valence-corrected chi connectivity index (χ1v) is 22.8. The summed E-state index contributed by atoms with van der Waals surface area (Å²) in [7, 11) is -9.08. The molecule has 4 aromatic rings. The summed E-state index contributed by atoms with van der Waals surface area (Å²) in [5.74, 6) is 0.863. The number of ether oxygens (including phenoxy) is 2. The van der Waals surface area contributed by atoms with Gasteiger partial charge in [0.05, 0.1) is 4.90 Å². The molecule has 0 saturated carbocycles. The Labute approximate surface area is 370 Å². The van der Waals surface area contributed by atoms with Crippen LogP contribution in [0.5, 0.6) is 34.5 Å². The number of rotatable bonds is 24. The molecule has 2 N–H and O–H groups in total. The molecular formula is C44H58CaO10S2. The van der Waals surface area contributed by atoms with Gasteiger partial charge in [0, 0.05) is 0 Å². The van der Waals surface area contributed by atoms with Crippen molar-refractivity contribution in [3.63, 3.8) is 0 Å². The van der Waals surface area contributed by atoms with Gasteiger partial charge in [-0.2, -0.15) is 8.42 Å². The zero-order chi connectivity index (χ0) is 40.8. The van der Waals surface area contributed by atoms with E-state index in [0.29, 0.717) is 29.9 Å². The van der Waals surface area contributed by atoms with Crippen LogP contribution in [0.15, 0.2) is 94.7 Å². The second-order valence-corrected chi connectivity index (χ2v) is 16.8. The molecule has 57 heavy (non-hydrogen) atoms. The van der Waals surface area contributed by atoms with Crippen molar-refractivity contribution in [1.82, 2.24) is 0 Å². The van der Waals surface area contributed by atoms with Gasteiger partial charge in [0.15, 0.2) is 5.75 Å². The summed E-state index contributed by atoms with van der Waals surface area (Å²) >= 11 is 0. The van der Waals surface area contributed by atoms with Gasteiger partial charge in [-0.25, -0.2) is 8.42 Å². The minimum absolute atomic E-state index is 0. The molecule has 0 aliphatic carbocycles. The van der Waals surface area contributed by atoms with Crippen molar-refractivity contribution < 1.29 is 45.6 Å². The average molecular weight is 851 g/mol. The van der Waals surface area contributed by atoms with Gasteiger partial charge in [0.2, 0.25) is 0 Å². The first-order valence-electron chi connectivity index (χ1n) is 19.9. The van der Waals surface area contributed by atoms with Gasteiger partial charge in [-0.3, -0.25) is 4.55 Å². The van der Waals surface area contributed by atoms with Crippen LogP contribution >= 0.6 is 0 Å². The van der Waals surface area contributed by atoms with Crippen LogP contribution < -0.4 is 14.6 Å². The van der Waals surface area contributed by atoms with E-state index in [4.69, 9.17) is 9.47 Å². The second kappa shape index (κ2) is 27.0. The van der Waals surface area contributed by atoms with E-state index in [1.807, 2.05) is 6.07 Å². The Balaban J connectivity index is 0.000000387. The minimum atomic E-state index is -4.67. The molecule has 0 heterocycles. The van der Waals surface area contributed by atoms with Crippen molar-refractivity contribution in [2.24, 2.45) is 0 Å². The molecular weight excluding hydrogens is 793 g/mol. The second-order valence-electron chi connectivity index (χ2n) is 14.0. The number of para-hydroxylation sites is 2. The third kappa shape index (κ3) is 19.2. The molecule has 0 aliphatic heterocycles. The van der Waals surface area contributed by atoms with Crippen LogP contribution in [0.2, 0.25) is 0 Å². The first-order chi connectivity index (χ1) is 26.8. The number of aryl methyl sites for hydroxylation is 2. The molecule has 13 heteroatoms. The average Bonchev–Trinajstić information content (AvgIpc) is 3.16. The summed E-state index contributed by atoms with van der Waals surface area (Å²) in [6.45, 7) is 4.41. The Morgan fingerprint density at radius 3 is 1.30 bits per heavy atom. The van der Waals surface area contributed by atoms with Crippen LogP contribution in [-0.2, 0) is 33.1 Å². The Hall–Kier alpha value is -2.84. The van der Waals surface area contributed by atoms with Crippen LogP contribution in [0.25, 0.3) is 0 Å². The maximum atomic E-state index is 11.8. The monoisotopic (exact) mass is 850 g/mol. The SMILES string of the molecule is CCCCCCCCCCc1cccc(S(=O)(=O)O)c1Oc1ccc(O)cc1.CCCCCCCCCCc1cccc(S(=O)(=O)[O-])c1Oc1ccc([O-])cc1.[Ca+2]. The Bertz CT molecular complexity index is 1810. The molecule has 0 aromatic heterocycles. The standard InChI is InChI=1S/2C22H30O5S.Ca/c2*1-2-3-4-5-6-7-8-9-11-18-12-10-13-21(28(24,25)26)22(18)27-20-16-14-19(23)15-17-20;/h2*10,12-17,23H,2-9,11H2,1H3,(H,24,25,26);/q;;+2/p-2. The number of aromatic hydroxyl groups is 1. The maximum Gasteiger partial charge on any atom is 2.00 e. The van der Waals surface area contributed by atoms with E-state index in [2.05, 4.69) is 13.8 Å². The van der Waals surface area contributed by atoms with E-state index < -0.39 is 20.2 Å². The number of hydrogen-bond acceptors (Lipinski definition) is 9. The predicted molar refractivity (Wildman–Crippen MR) is 223 cm³/mol. The van der Waals surface area contributed by atoms with Crippen molar-refractivity contribution in [3.05, 3.63) is 96.1 Å². The summed E-state index contributed by atoms with van der Waals surface area (Å²) < 4.78 is 79.7. The number of phenolic OH excluding ortho intramolecular Hbond substituents is 1. The molecule has 0 fully saturated rings. The fourth-order valence-corrected chi connectivity index (χ4v) is 7.61. The van der Waals surface area contributed by atoms with Crippen molar-refractivity contribution in [2.75, 3.05) is 0 Å². The van der Waals surface area contributed by atoms with Crippen LogP contribution in [0.1, 0.15) is 128 Å². The zero-order valence-electron chi connectivity index (χ0n) is 33.5. The summed E-state index contributed by atoms with van der Waals surface area (Å²) in [5.41, 5.74) is 1.43. The van der Waals surface area contributed by atoms with Gasteiger partial charge in [-0.15, -0.1) is 5.75 Å². The summed E-state index contributed by atoms with van der Waals surface area (Å²) in [6.07, 6.45) is 20.1. The van der Waals surface area contributed by atoms with E-state index in [1.165, 1.54) is 113 Å². The molecule has 4 rings (SSSR count). The Morgan fingerprint density at radius 2 is 0.895 bits per heavy atom. The maximum absolute atomic E-state index is 11.8. The molecule has 0 atom stereocenters. The van der Waals surface area contributed by atoms with E-state index in [9.17, 15) is 36.2 Å². The number of benzene rings is 4. The van der Waals surface area contributed by atoms with Gasteiger partial charge in [0.1, 0.15) is 38.0 Å². The molecule has 308 valence electrons. The van der Waals surface area contributed by atoms with Crippen LogP contribution in [0, 0.1) is 0 Å². The zero-order valence-corrected chi connectivity index (χ0v) is 37.3. The van der Waals surface area contributed by atoms with Crippen molar-refractivity contribution in [3.8, 4) is 34.5 Å². The van der Waals surface area contributed by atoms with E-state index in [1.54, 1.807) is 30.3 Å².